The number of fused-ring (bicyclic) bond motifs is 1. The maximum atomic E-state index is 13.3. The summed E-state index contributed by atoms with van der Waals surface area (Å²) in [5, 5.41) is 0.566. The summed E-state index contributed by atoms with van der Waals surface area (Å²) in [6.07, 6.45) is 9.24. The summed E-state index contributed by atoms with van der Waals surface area (Å²) in [7, 11) is 0. The quantitative estimate of drug-likeness (QED) is 0.452. The lowest BCUT2D eigenvalue weighted by Gasteiger charge is -2.11. The molecule has 0 aliphatic carbocycles. The van der Waals surface area contributed by atoms with E-state index in [1.165, 1.54) is 0 Å². The van der Waals surface area contributed by atoms with Gasteiger partial charge in [0.25, 0.3) is 5.56 Å². The van der Waals surface area contributed by atoms with Gasteiger partial charge in [-0.25, -0.2) is 4.98 Å². The second-order valence-electron chi connectivity index (χ2n) is 6.65. The van der Waals surface area contributed by atoms with E-state index in [4.69, 9.17) is 16.1 Å². The van der Waals surface area contributed by atoms with Crippen molar-refractivity contribution in [2.24, 2.45) is 0 Å². The number of nitrogens with zero attached hydrogens (tertiary/aromatic N) is 2. The number of hydrogen-bond acceptors (Lipinski definition) is 3. The van der Waals surface area contributed by atoms with Crippen LogP contribution in [0.4, 0.5) is 0 Å². The average molecular weight is 392 g/mol. The molecule has 0 fully saturated rings. The first kappa shape index (κ1) is 19.2. The smallest absolute Gasteiger partial charge is 0.266 e. The SMILES string of the molecule is C#Cc1ccc(-n2c(/C=C/c3ccc(OCC)cc3)nc3ccccc3c2=O)cc1. The van der Waals surface area contributed by atoms with Crippen molar-refractivity contribution in [3.8, 4) is 23.8 Å². The van der Waals surface area contributed by atoms with Crippen LogP contribution in [-0.4, -0.2) is 16.2 Å². The number of aromatic nitrogens is 2. The predicted molar refractivity (Wildman–Crippen MR) is 122 cm³/mol. The molecule has 3 aromatic carbocycles. The third-order valence-electron chi connectivity index (χ3n) is 4.71. The van der Waals surface area contributed by atoms with Crippen LogP contribution in [0.25, 0.3) is 28.7 Å². The number of hydrogen-bond donors (Lipinski definition) is 0. The molecule has 1 heterocycles. The maximum Gasteiger partial charge on any atom is 0.266 e. The Balaban J connectivity index is 1.83. The van der Waals surface area contributed by atoms with E-state index < -0.39 is 0 Å². The van der Waals surface area contributed by atoms with Crippen LogP contribution in [0.5, 0.6) is 5.75 Å². The number of rotatable bonds is 5. The molecule has 1 aromatic heterocycles. The lowest BCUT2D eigenvalue weighted by Crippen LogP contribution is -2.22. The van der Waals surface area contributed by atoms with Gasteiger partial charge >= 0.3 is 0 Å². The first-order valence-electron chi connectivity index (χ1n) is 9.69. The van der Waals surface area contributed by atoms with Crippen LogP contribution in [-0.2, 0) is 0 Å². The molecule has 0 spiro atoms. The fourth-order valence-corrected chi connectivity index (χ4v) is 3.23. The van der Waals surface area contributed by atoms with E-state index >= 15 is 0 Å². The van der Waals surface area contributed by atoms with Crippen LogP contribution in [0.1, 0.15) is 23.9 Å². The Morgan fingerprint density at radius 2 is 1.73 bits per heavy atom. The van der Waals surface area contributed by atoms with Gasteiger partial charge in [0.05, 0.1) is 23.2 Å². The van der Waals surface area contributed by atoms with Crippen LogP contribution in [0.3, 0.4) is 0 Å². The van der Waals surface area contributed by atoms with Crippen LogP contribution in [0.15, 0.2) is 77.6 Å². The number of terminal acetylenes is 1. The molecule has 0 N–H and O–H groups in total. The van der Waals surface area contributed by atoms with Gasteiger partial charge in [0.1, 0.15) is 11.6 Å². The van der Waals surface area contributed by atoms with E-state index in [0.29, 0.717) is 29.0 Å². The molecule has 0 saturated heterocycles. The molecule has 0 bridgehead atoms. The van der Waals surface area contributed by atoms with Crippen molar-refractivity contribution in [2.75, 3.05) is 6.61 Å². The molecule has 4 rings (SSSR count). The third-order valence-corrected chi connectivity index (χ3v) is 4.71. The molecule has 146 valence electrons. The van der Waals surface area contributed by atoms with Gasteiger partial charge in [0.2, 0.25) is 0 Å². The van der Waals surface area contributed by atoms with Gasteiger partial charge in [0.15, 0.2) is 0 Å². The Bertz CT molecular complexity index is 1310. The zero-order chi connectivity index (χ0) is 20.9. The molecule has 0 amide bonds. The lowest BCUT2D eigenvalue weighted by atomic mass is 10.1. The maximum absolute atomic E-state index is 13.3. The topological polar surface area (TPSA) is 44.1 Å². The van der Waals surface area contributed by atoms with E-state index in [9.17, 15) is 4.79 Å². The standard InChI is InChI=1S/C26H20N2O2/c1-3-19-9-14-21(15-10-19)28-25(27-24-8-6-5-7-23(24)26(28)29)18-13-20-11-16-22(17-12-20)30-4-2/h1,5-18H,4H2,2H3/b18-13+. The van der Waals surface area contributed by atoms with E-state index in [1.54, 1.807) is 10.6 Å². The number of para-hydroxylation sites is 1. The van der Waals surface area contributed by atoms with E-state index in [1.807, 2.05) is 85.8 Å². The van der Waals surface area contributed by atoms with Gasteiger partial charge in [-0.15, -0.1) is 6.42 Å². The molecular weight excluding hydrogens is 372 g/mol. The van der Waals surface area contributed by atoms with Gasteiger partial charge < -0.3 is 4.74 Å². The average Bonchev–Trinajstić information content (AvgIpc) is 2.79. The second-order valence-corrected chi connectivity index (χ2v) is 6.65. The molecule has 0 atom stereocenters. The molecule has 0 unspecified atom stereocenters. The van der Waals surface area contributed by atoms with Crippen molar-refractivity contribution < 1.29 is 4.74 Å². The Kier molecular flexibility index (Phi) is 5.45. The van der Waals surface area contributed by atoms with E-state index in [0.717, 1.165) is 16.9 Å². The highest BCUT2D eigenvalue weighted by Gasteiger charge is 2.11. The summed E-state index contributed by atoms with van der Waals surface area (Å²) in [5.74, 6) is 3.96. The molecule has 0 aliphatic heterocycles. The van der Waals surface area contributed by atoms with Crippen molar-refractivity contribution in [1.82, 2.24) is 9.55 Å². The normalized spacial score (nSPS) is 10.9. The highest BCUT2D eigenvalue weighted by Crippen LogP contribution is 2.17. The Hall–Kier alpha value is -4.10. The Morgan fingerprint density at radius 3 is 2.43 bits per heavy atom. The zero-order valence-electron chi connectivity index (χ0n) is 16.6. The number of benzene rings is 3. The van der Waals surface area contributed by atoms with Gasteiger partial charge in [-0.3, -0.25) is 9.36 Å². The van der Waals surface area contributed by atoms with Gasteiger partial charge in [-0.2, -0.15) is 0 Å². The van der Waals surface area contributed by atoms with Crippen molar-refractivity contribution in [1.29, 1.82) is 0 Å². The van der Waals surface area contributed by atoms with Crippen LogP contribution in [0.2, 0.25) is 0 Å². The number of ether oxygens (including phenoxy) is 1. The van der Waals surface area contributed by atoms with Gasteiger partial charge in [-0.05, 0) is 67.1 Å². The first-order valence-corrected chi connectivity index (χ1v) is 9.69. The zero-order valence-corrected chi connectivity index (χ0v) is 16.6. The molecule has 30 heavy (non-hydrogen) atoms. The van der Waals surface area contributed by atoms with Crippen molar-refractivity contribution in [3.05, 3.63) is 100 Å². The monoisotopic (exact) mass is 392 g/mol. The molecule has 4 aromatic rings. The molecule has 4 heteroatoms. The summed E-state index contributed by atoms with van der Waals surface area (Å²) < 4.78 is 7.09. The Labute approximate surface area is 175 Å². The molecule has 0 radical (unpaired) electrons. The van der Waals surface area contributed by atoms with Crippen molar-refractivity contribution >= 4 is 23.1 Å². The third kappa shape index (κ3) is 3.87. The Morgan fingerprint density at radius 1 is 1.00 bits per heavy atom. The highest BCUT2D eigenvalue weighted by atomic mass is 16.5. The molecule has 0 saturated carbocycles. The largest absolute Gasteiger partial charge is 0.494 e. The summed E-state index contributed by atoms with van der Waals surface area (Å²) >= 11 is 0. The molecule has 0 aliphatic rings. The summed E-state index contributed by atoms with van der Waals surface area (Å²) in [6, 6.07) is 22.4. The summed E-state index contributed by atoms with van der Waals surface area (Å²) in [5.41, 5.74) is 2.98. The minimum atomic E-state index is -0.125. The van der Waals surface area contributed by atoms with Crippen LogP contribution >= 0.6 is 0 Å². The fraction of sp³-hybridized carbons (Fsp3) is 0.0769. The second kappa shape index (κ2) is 8.50. The fourth-order valence-electron chi connectivity index (χ4n) is 3.23. The predicted octanol–water partition coefficient (Wildman–Crippen LogP) is 4.94. The highest BCUT2D eigenvalue weighted by molar-refractivity contribution is 5.80. The van der Waals surface area contributed by atoms with E-state index in [2.05, 4.69) is 5.92 Å². The first-order chi connectivity index (χ1) is 14.7. The lowest BCUT2D eigenvalue weighted by molar-refractivity contribution is 0.340. The van der Waals surface area contributed by atoms with Crippen LogP contribution in [0, 0.1) is 12.3 Å². The minimum Gasteiger partial charge on any atom is -0.494 e. The molecular formula is C26H20N2O2. The molecule has 4 nitrogen and oxygen atoms in total. The van der Waals surface area contributed by atoms with Gasteiger partial charge in [-0.1, -0.05) is 36.3 Å². The van der Waals surface area contributed by atoms with E-state index in [-0.39, 0.29) is 5.56 Å². The summed E-state index contributed by atoms with van der Waals surface area (Å²) in [6.45, 7) is 2.58. The van der Waals surface area contributed by atoms with Crippen molar-refractivity contribution in [2.45, 2.75) is 6.92 Å². The van der Waals surface area contributed by atoms with Crippen LogP contribution < -0.4 is 10.3 Å². The van der Waals surface area contributed by atoms with Gasteiger partial charge in [0, 0.05) is 5.56 Å². The minimum absolute atomic E-state index is 0.125. The summed E-state index contributed by atoms with van der Waals surface area (Å²) in [4.78, 5) is 18.0. The van der Waals surface area contributed by atoms with Crippen molar-refractivity contribution in [3.63, 3.8) is 0 Å².